The normalized spacial score (nSPS) is 16.3. The highest BCUT2D eigenvalue weighted by Crippen LogP contribution is 2.06. The second kappa shape index (κ2) is 7.24. The molecule has 0 aromatic rings. The molecule has 0 amide bonds. The van der Waals surface area contributed by atoms with Crippen LogP contribution in [-0.2, 0) is 0 Å². The van der Waals surface area contributed by atoms with Gasteiger partial charge in [-0.05, 0) is 46.3 Å². The molecule has 0 aromatic heterocycles. The van der Waals surface area contributed by atoms with Gasteiger partial charge in [0, 0.05) is 12.1 Å². The monoisotopic (exact) mass is 200 g/mol. The number of hydrogen-bond donors (Lipinski definition) is 1. The molecule has 0 fully saturated rings. The van der Waals surface area contributed by atoms with Crippen LogP contribution in [0.5, 0.6) is 0 Å². The van der Waals surface area contributed by atoms with E-state index in [0.717, 1.165) is 12.5 Å². The van der Waals surface area contributed by atoms with E-state index in [-0.39, 0.29) is 0 Å². The second-order valence-electron chi connectivity index (χ2n) is 4.75. The van der Waals surface area contributed by atoms with Crippen molar-refractivity contribution in [3.05, 3.63) is 0 Å². The minimum absolute atomic E-state index is 0.581. The van der Waals surface area contributed by atoms with Gasteiger partial charge in [-0.3, -0.25) is 0 Å². The second-order valence-corrected chi connectivity index (χ2v) is 4.75. The first-order chi connectivity index (χ1) is 6.49. The van der Waals surface area contributed by atoms with Gasteiger partial charge >= 0.3 is 0 Å². The van der Waals surface area contributed by atoms with Crippen molar-refractivity contribution in [3.8, 4) is 0 Å². The lowest BCUT2D eigenvalue weighted by Crippen LogP contribution is -2.45. The van der Waals surface area contributed by atoms with Gasteiger partial charge in [0.25, 0.3) is 0 Å². The van der Waals surface area contributed by atoms with Crippen LogP contribution in [-0.4, -0.2) is 37.1 Å². The van der Waals surface area contributed by atoms with Crippen molar-refractivity contribution in [2.24, 2.45) is 5.92 Å². The Morgan fingerprint density at radius 2 is 1.71 bits per heavy atom. The number of hydrogen-bond acceptors (Lipinski definition) is 2. The topological polar surface area (TPSA) is 15.3 Å². The first kappa shape index (κ1) is 13.9. The Balaban J connectivity index is 3.79. The number of likely N-dealkylation sites (N-methyl/N-ethyl adjacent to an activating group) is 2. The van der Waals surface area contributed by atoms with Crippen molar-refractivity contribution < 1.29 is 0 Å². The Morgan fingerprint density at radius 1 is 1.14 bits per heavy atom. The third-order valence-corrected chi connectivity index (χ3v) is 3.00. The molecular weight excluding hydrogens is 172 g/mol. The van der Waals surface area contributed by atoms with Crippen molar-refractivity contribution in [1.82, 2.24) is 10.2 Å². The predicted octanol–water partition coefficient (Wildman–Crippen LogP) is 2.35. The Bertz CT molecular complexity index is 134. The van der Waals surface area contributed by atoms with Crippen molar-refractivity contribution >= 4 is 0 Å². The van der Waals surface area contributed by atoms with Crippen LogP contribution in [0.1, 0.15) is 41.0 Å². The van der Waals surface area contributed by atoms with Crippen LogP contribution in [0.15, 0.2) is 0 Å². The van der Waals surface area contributed by atoms with Gasteiger partial charge in [-0.15, -0.1) is 0 Å². The van der Waals surface area contributed by atoms with Gasteiger partial charge in [0.2, 0.25) is 0 Å². The molecule has 2 atom stereocenters. The lowest BCUT2D eigenvalue weighted by atomic mass is 10.1. The summed E-state index contributed by atoms with van der Waals surface area (Å²) < 4.78 is 0. The van der Waals surface area contributed by atoms with Crippen molar-refractivity contribution in [1.29, 1.82) is 0 Å². The zero-order chi connectivity index (χ0) is 11.1. The van der Waals surface area contributed by atoms with Crippen LogP contribution < -0.4 is 5.32 Å². The smallest absolute Gasteiger partial charge is 0.0215 e. The molecule has 0 rings (SSSR count). The molecule has 0 aromatic carbocycles. The van der Waals surface area contributed by atoms with E-state index in [1.54, 1.807) is 0 Å². The molecule has 86 valence electrons. The van der Waals surface area contributed by atoms with E-state index in [1.165, 1.54) is 13.0 Å². The van der Waals surface area contributed by atoms with E-state index < -0.39 is 0 Å². The van der Waals surface area contributed by atoms with E-state index in [1.807, 2.05) is 0 Å². The summed E-state index contributed by atoms with van der Waals surface area (Å²) in [6.45, 7) is 13.6. The highest BCUT2D eigenvalue weighted by atomic mass is 15.2. The minimum Gasteiger partial charge on any atom is -0.313 e. The van der Waals surface area contributed by atoms with Gasteiger partial charge in [-0.2, -0.15) is 0 Å². The van der Waals surface area contributed by atoms with E-state index in [4.69, 9.17) is 0 Å². The highest BCUT2D eigenvalue weighted by molar-refractivity contribution is 4.75. The Labute approximate surface area is 90.1 Å². The van der Waals surface area contributed by atoms with Gasteiger partial charge in [-0.1, -0.05) is 20.8 Å². The average Bonchev–Trinajstić information content (AvgIpc) is 2.13. The van der Waals surface area contributed by atoms with E-state index in [0.29, 0.717) is 12.1 Å². The zero-order valence-corrected chi connectivity index (χ0v) is 10.8. The van der Waals surface area contributed by atoms with Crippen molar-refractivity contribution in [2.75, 3.05) is 20.1 Å². The molecule has 0 spiro atoms. The molecule has 0 saturated carbocycles. The summed E-state index contributed by atoms with van der Waals surface area (Å²) in [5.41, 5.74) is 0. The number of nitrogens with one attached hydrogen (secondary N) is 1. The van der Waals surface area contributed by atoms with Gasteiger partial charge in [0.05, 0.1) is 0 Å². The maximum atomic E-state index is 3.47. The van der Waals surface area contributed by atoms with Crippen LogP contribution in [0.2, 0.25) is 0 Å². The van der Waals surface area contributed by atoms with Crippen LogP contribution in [0.3, 0.4) is 0 Å². The molecule has 0 aliphatic carbocycles. The lowest BCUT2D eigenvalue weighted by molar-refractivity contribution is 0.205. The molecule has 0 heterocycles. The molecule has 0 bridgehead atoms. The molecule has 0 aliphatic heterocycles. The third kappa shape index (κ3) is 5.61. The summed E-state index contributed by atoms with van der Waals surface area (Å²) in [6, 6.07) is 1.20. The third-order valence-electron chi connectivity index (χ3n) is 3.00. The largest absolute Gasteiger partial charge is 0.313 e. The van der Waals surface area contributed by atoms with Gasteiger partial charge in [0.15, 0.2) is 0 Å². The number of rotatable bonds is 7. The Hall–Kier alpha value is -0.0800. The fourth-order valence-electron chi connectivity index (χ4n) is 1.54. The van der Waals surface area contributed by atoms with Gasteiger partial charge < -0.3 is 10.2 Å². The summed E-state index contributed by atoms with van der Waals surface area (Å²) in [5, 5.41) is 3.47. The molecule has 0 saturated heterocycles. The average molecular weight is 200 g/mol. The summed E-state index contributed by atoms with van der Waals surface area (Å²) in [6.07, 6.45) is 1.29. The van der Waals surface area contributed by atoms with E-state index >= 15 is 0 Å². The molecular formula is C12H28N2. The van der Waals surface area contributed by atoms with Crippen LogP contribution in [0.25, 0.3) is 0 Å². The maximum Gasteiger partial charge on any atom is 0.0215 e. The van der Waals surface area contributed by atoms with Crippen LogP contribution in [0, 0.1) is 5.92 Å². The summed E-state index contributed by atoms with van der Waals surface area (Å²) in [5.74, 6) is 0.805. The van der Waals surface area contributed by atoms with Crippen molar-refractivity contribution in [3.63, 3.8) is 0 Å². The lowest BCUT2D eigenvalue weighted by Gasteiger charge is -2.30. The molecule has 1 N–H and O–H groups in total. The Morgan fingerprint density at radius 3 is 2.14 bits per heavy atom. The molecule has 2 unspecified atom stereocenters. The van der Waals surface area contributed by atoms with E-state index in [9.17, 15) is 0 Å². The molecule has 2 nitrogen and oxygen atoms in total. The quantitative estimate of drug-likeness (QED) is 0.678. The van der Waals surface area contributed by atoms with Gasteiger partial charge in [-0.25, -0.2) is 0 Å². The molecule has 0 aliphatic rings. The van der Waals surface area contributed by atoms with E-state index in [2.05, 4.69) is 51.9 Å². The first-order valence-electron chi connectivity index (χ1n) is 5.92. The number of nitrogens with zero attached hydrogens (tertiary/aromatic N) is 1. The summed E-state index contributed by atoms with van der Waals surface area (Å²) in [7, 11) is 2.22. The van der Waals surface area contributed by atoms with Crippen molar-refractivity contribution in [2.45, 2.75) is 53.1 Å². The minimum atomic E-state index is 0.581. The molecule has 2 heteroatoms. The maximum absolute atomic E-state index is 3.47. The summed E-state index contributed by atoms with van der Waals surface area (Å²) in [4.78, 5) is 2.45. The van der Waals surface area contributed by atoms with Crippen LogP contribution >= 0.6 is 0 Å². The zero-order valence-electron chi connectivity index (χ0n) is 10.8. The molecule has 14 heavy (non-hydrogen) atoms. The first-order valence-corrected chi connectivity index (χ1v) is 5.92. The Kier molecular flexibility index (Phi) is 7.20. The highest BCUT2D eigenvalue weighted by Gasteiger charge is 2.15. The molecule has 0 radical (unpaired) electrons. The SMILES string of the molecule is CCNC(C)C(C)N(C)CCC(C)C. The van der Waals surface area contributed by atoms with Crippen LogP contribution in [0.4, 0.5) is 0 Å². The summed E-state index contributed by atoms with van der Waals surface area (Å²) >= 11 is 0. The van der Waals surface area contributed by atoms with Gasteiger partial charge in [0.1, 0.15) is 0 Å². The predicted molar refractivity (Wildman–Crippen MR) is 64.7 cm³/mol. The standard InChI is InChI=1S/C12H28N2/c1-7-13-11(4)12(5)14(6)9-8-10(2)3/h10-13H,7-9H2,1-6H3. The fraction of sp³-hybridized carbons (Fsp3) is 1.00. The fourth-order valence-corrected chi connectivity index (χ4v) is 1.54.